The minimum Gasteiger partial charge on any atom is -0.368 e. The molecule has 0 aliphatic rings. The van der Waals surface area contributed by atoms with Crippen molar-refractivity contribution >= 4 is 23.6 Å². The summed E-state index contributed by atoms with van der Waals surface area (Å²) in [4.78, 5) is 51.1. The van der Waals surface area contributed by atoms with E-state index in [0.717, 1.165) is 11.1 Å². The van der Waals surface area contributed by atoms with Crippen molar-refractivity contribution in [1.29, 1.82) is 0 Å². The van der Waals surface area contributed by atoms with E-state index < -0.39 is 41.9 Å². The fourth-order valence-corrected chi connectivity index (χ4v) is 4.28. The minimum absolute atomic E-state index is 0.132. The predicted molar refractivity (Wildman–Crippen MR) is 152 cm³/mol. The lowest BCUT2D eigenvalue weighted by atomic mass is 9.97. The van der Waals surface area contributed by atoms with Crippen molar-refractivity contribution in [2.45, 2.75) is 77.5 Å². The molecule has 0 bridgehead atoms. The van der Waals surface area contributed by atoms with E-state index in [0.29, 0.717) is 6.42 Å². The zero-order chi connectivity index (χ0) is 28.9. The molecule has 4 unspecified atom stereocenters. The molecule has 2 rings (SSSR count). The zero-order valence-electron chi connectivity index (χ0n) is 23.4. The molecule has 39 heavy (non-hydrogen) atoms. The van der Waals surface area contributed by atoms with Crippen LogP contribution in [0, 0.1) is 11.8 Å². The van der Waals surface area contributed by atoms with Gasteiger partial charge in [0.25, 0.3) is 0 Å². The Hall–Kier alpha value is -3.72. The molecule has 2 aromatic carbocycles. The molecular formula is C30H43N5O4. The van der Waals surface area contributed by atoms with E-state index in [1.807, 2.05) is 88.4 Å². The van der Waals surface area contributed by atoms with Crippen molar-refractivity contribution in [1.82, 2.24) is 16.0 Å². The molecule has 0 aliphatic carbocycles. The third kappa shape index (κ3) is 11.3. The number of amides is 4. The van der Waals surface area contributed by atoms with Crippen molar-refractivity contribution in [3.63, 3.8) is 0 Å². The lowest BCUT2D eigenvalue weighted by Gasteiger charge is -2.28. The highest BCUT2D eigenvalue weighted by molar-refractivity contribution is 5.92. The number of benzene rings is 2. The van der Waals surface area contributed by atoms with Crippen LogP contribution in [0.4, 0.5) is 0 Å². The van der Waals surface area contributed by atoms with Crippen LogP contribution >= 0.6 is 0 Å². The van der Waals surface area contributed by atoms with Crippen LogP contribution in [0.5, 0.6) is 0 Å². The summed E-state index contributed by atoms with van der Waals surface area (Å²) in [5.74, 6) is -1.85. The summed E-state index contributed by atoms with van der Waals surface area (Å²) < 4.78 is 0. The van der Waals surface area contributed by atoms with Crippen LogP contribution in [0.3, 0.4) is 0 Å². The van der Waals surface area contributed by atoms with Crippen LogP contribution in [0.15, 0.2) is 60.7 Å². The SMILES string of the molecule is CC(C)CC(=O)NC(Cc1ccccc1)C(=O)NC(C(=O)NC(Cc1ccccc1)CC(N)C(N)=O)C(C)C. The number of hydrogen-bond acceptors (Lipinski definition) is 5. The molecule has 0 saturated heterocycles. The van der Waals surface area contributed by atoms with Gasteiger partial charge in [0.05, 0.1) is 6.04 Å². The average Bonchev–Trinajstić information content (AvgIpc) is 2.87. The van der Waals surface area contributed by atoms with Gasteiger partial charge in [-0.15, -0.1) is 0 Å². The Morgan fingerprint density at radius 2 is 1.28 bits per heavy atom. The van der Waals surface area contributed by atoms with E-state index in [-0.39, 0.29) is 37.0 Å². The van der Waals surface area contributed by atoms with E-state index in [4.69, 9.17) is 11.5 Å². The molecule has 212 valence electrons. The normalized spacial score (nSPS) is 14.2. The monoisotopic (exact) mass is 537 g/mol. The Balaban J connectivity index is 2.20. The lowest BCUT2D eigenvalue weighted by Crippen LogP contribution is -2.57. The highest BCUT2D eigenvalue weighted by Gasteiger charge is 2.31. The van der Waals surface area contributed by atoms with Crippen molar-refractivity contribution in [3.8, 4) is 0 Å². The average molecular weight is 538 g/mol. The first-order chi connectivity index (χ1) is 18.5. The number of hydrogen-bond donors (Lipinski definition) is 5. The fourth-order valence-electron chi connectivity index (χ4n) is 4.28. The van der Waals surface area contributed by atoms with Gasteiger partial charge in [0.2, 0.25) is 23.6 Å². The Morgan fingerprint density at radius 1 is 0.744 bits per heavy atom. The summed E-state index contributed by atoms with van der Waals surface area (Å²) >= 11 is 0. The molecule has 0 aromatic heterocycles. The van der Waals surface area contributed by atoms with Gasteiger partial charge in [-0.05, 0) is 35.8 Å². The van der Waals surface area contributed by atoms with Gasteiger partial charge in [0, 0.05) is 18.9 Å². The number of rotatable bonds is 15. The van der Waals surface area contributed by atoms with E-state index in [2.05, 4.69) is 16.0 Å². The van der Waals surface area contributed by atoms with Gasteiger partial charge in [-0.25, -0.2) is 0 Å². The first kappa shape index (κ1) is 31.5. The number of primary amides is 1. The van der Waals surface area contributed by atoms with Gasteiger partial charge in [-0.2, -0.15) is 0 Å². The summed E-state index contributed by atoms with van der Waals surface area (Å²) in [5, 5.41) is 8.66. The molecule has 0 aliphatic heterocycles. The van der Waals surface area contributed by atoms with Crippen LogP contribution in [0.25, 0.3) is 0 Å². The topological polar surface area (TPSA) is 156 Å². The molecule has 9 heteroatoms. The molecule has 0 spiro atoms. The van der Waals surface area contributed by atoms with Crippen molar-refractivity contribution in [2.75, 3.05) is 0 Å². The molecule has 4 atom stereocenters. The molecule has 9 nitrogen and oxygen atoms in total. The number of nitrogens with two attached hydrogens (primary N) is 2. The fraction of sp³-hybridized carbons (Fsp3) is 0.467. The Kier molecular flexibility index (Phi) is 12.6. The third-order valence-electron chi connectivity index (χ3n) is 6.35. The minimum atomic E-state index is -0.933. The Labute approximate surface area is 231 Å². The standard InChI is InChI=1S/C30H43N5O4/c1-19(2)15-26(36)34-25(17-22-13-9-6-10-14-22)29(38)35-27(20(3)4)30(39)33-23(18-24(31)28(32)37)16-21-11-7-5-8-12-21/h5-14,19-20,23-25,27H,15-18,31H2,1-4H3,(H2,32,37)(H,33,39)(H,34,36)(H,35,38). The zero-order valence-corrected chi connectivity index (χ0v) is 23.4. The van der Waals surface area contributed by atoms with Crippen LogP contribution < -0.4 is 27.4 Å². The number of carbonyl (C=O) groups is 4. The maximum atomic E-state index is 13.5. The van der Waals surface area contributed by atoms with Gasteiger partial charge < -0.3 is 27.4 Å². The maximum Gasteiger partial charge on any atom is 0.243 e. The highest BCUT2D eigenvalue weighted by atomic mass is 16.2. The second-order valence-electron chi connectivity index (χ2n) is 10.8. The molecule has 4 amide bonds. The third-order valence-corrected chi connectivity index (χ3v) is 6.35. The van der Waals surface area contributed by atoms with E-state index >= 15 is 0 Å². The summed E-state index contributed by atoms with van der Waals surface area (Å²) in [6.45, 7) is 7.52. The maximum absolute atomic E-state index is 13.5. The predicted octanol–water partition coefficient (Wildman–Crippen LogP) is 1.83. The van der Waals surface area contributed by atoms with Gasteiger partial charge in [0.1, 0.15) is 12.1 Å². The number of nitrogens with one attached hydrogen (secondary N) is 3. The summed E-state index contributed by atoms with van der Waals surface area (Å²) in [5.41, 5.74) is 13.1. The summed E-state index contributed by atoms with van der Waals surface area (Å²) in [6, 6.07) is 15.8. The van der Waals surface area contributed by atoms with Gasteiger partial charge in [-0.1, -0.05) is 88.4 Å². The smallest absolute Gasteiger partial charge is 0.243 e. The van der Waals surface area contributed by atoms with Crippen LogP contribution in [0.2, 0.25) is 0 Å². The van der Waals surface area contributed by atoms with E-state index in [1.165, 1.54) is 0 Å². The Bertz CT molecular complexity index is 1080. The first-order valence-electron chi connectivity index (χ1n) is 13.5. The van der Waals surface area contributed by atoms with E-state index in [1.54, 1.807) is 0 Å². The molecule has 2 aromatic rings. The van der Waals surface area contributed by atoms with Crippen LogP contribution in [-0.2, 0) is 32.0 Å². The quantitative estimate of drug-likeness (QED) is 0.234. The second kappa shape index (κ2) is 15.6. The second-order valence-corrected chi connectivity index (χ2v) is 10.8. The lowest BCUT2D eigenvalue weighted by molar-refractivity contribution is -0.133. The van der Waals surface area contributed by atoms with Crippen molar-refractivity contribution in [3.05, 3.63) is 71.8 Å². The van der Waals surface area contributed by atoms with Crippen LogP contribution in [0.1, 0.15) is 51.7 Å². The van der Waals surface area contributed by atoms with Gasteiger partial charge >= 0.3 is 0 Å². The summed E-state index contributed by atoms with van der Waals surface area (Å²) in [6.07, 6.45) is 1.16. The molecule has 0 radical (unpaired) electrons. The molecule has 7 N–H and O–H groups in total. The van der Waals surface area contributed by atoms with Crippen molar-refractivity contribution in [2.24, 2.45) is 23.3 Å². The molecular weight excluding hydrogens is 494 g/mol. The highest BCUT2D eigenvalue weighted by Crippen LogP contribution is 2.11. The molecule has 0 fully saturated rings. The molecule has 0 saturated carbocycles. The van der Waals surface area contributed by atoms with E-state index in [9.17, 15) is 19.2 Å². The number of carbonyl (C=O) groups excluding carboxylic acids is 4. The van der Waals surface area contributed by atoms with Gasteiger partial charge in [0.15, 0.2) is 0 Å². The first-order valence-corrected chi connectivity index (χ1v) is 13.5. The van der Waals surface area contributed by atoms with Crippen molar-refractivity contribution < 1.29 is 19.2 Å². The Morgan fingerprint density at radius 3 is 1.77 bits per heavy atom. The summed E-state index contributed by atoms with van der Waals surface area (Å²) in [7, 11) is 0. The van der Waals surface area contributed by atoms with Gasteiger partial charge in [-0.3, -0.25) is 19.2 Å². The molecule has 0 heterocycles. The largest absolute Gasteiger partial charge is 0.368 e. The van der Waals surface area contributed by atoms with Crippen LogP contribution in [-0.4, -0.2) is 47.8 Å².